The molecule has 1 aromatic carbocycles. The second-order valence-corrected chi connectivity index (χ2v) is 5.58. The molecule has 3 N–H and O–H groups in total. The van der Waals surface area contributed by atoms with Crippen molar-refractivity contribution in [3.63, 3.8) is 0 Å². The van der Waals surface area contributed by atoms with Crippen LogP contribution >= 0.6 is 11.3 Å². The number of carbonyl (C=O) groups is 1. The molecule has 2 rings (SSSR count). The van der Waals surface area contributed by atoms with E-state index in [4.69, 9.17) is 5.73 Å². The third-order valence-corrected chi connectivity index (χ3v) is 3.60. The van der Waals surface area contributed by atoms with Crippen molar-refractivity contribution in [3.05, 3.63) is 45.0 Å². The van der Waals surface area contributed by atoms with Gasteiger partial charge >= 0.3 is 0 Å². The number of rotatable bonds is 4. The first-order chi connectivity index (χ1) is 9.88. The fraction of sp³-hybridized carbons (Fsp3) is 0.231. The minimum atomic E-state index is -0.619. The van der Waals surface area contributed by atoms with Crippen molar-refractivity contribution in [1.29, 1.82) is 0 Å². The molecule has 0 saturated heterocycles. The first-order valence-electron chi connectivity index (χ1n) is 6.19. The van der Waals surface area contributed by atoms with Gasteiger partial charge in [-0.1, -0.05) is 13.8 Å². The van der Waals surface area contributed by atoms with E-state index in [0.29, 0.717) is 5.13 Å². The summed E-state index contributed by atoms with van der Waals surface area (Å²) >= 11 is 1.31. The minimum Gasteiger partial charge on any atom is -0.393 e. The van der Waals surface area contributed by atoms with Crippen LogP contribution in [0.2, 0.25) is 0 Å². The topological polar surface area (TPSA) is 111 Å². The number of amides is 1. The molecule has 0 bridgehead atoms. The Morgan fingerprint density at radius 2 is 2.19 bits per heavy atom. The Labute approximate surface area is 125 Å². The van der Waals surface area contributed by atoms with Crippen molar-refractivity contribution in [2.24, 2.45) is 0 Å². The molecule has 110 valence electrons. The number of nitrogens with zero attached hydrogens (tertiary/aromatic N) is 2. The summed E-state index contributed by atoms with van der Waals surface area (Å²) < 4.78 is 0. The van der Waals surface area contributed by atoms with Crippen LogP contribution in [0.4, 0.5) is 16.5 Å². The normalized spacial score (nSPS) is 10.6. The maximum absolute atomic E-state index is 12.1. The fourth-order valence-electron chi connectivity index (χ4n) is 1.62. The van der Waals surface area contributed by atoms with Crippen molar-refractivity contribution in [3.8, 4) is 0 Å². The standard InChI is InChI=1S/C13H14N4O3S/c1-7(2)10-6-21-13(15-10)16-12(18)8-3-4-9(14)11(5-8)17(19)20/h3-7H,14H2,1-2H3,(H,15,16,18). The molecule has 8 heteroatoms. The number of hydrogen-bond donors (Lipinski definition) is 2. The third-order valence-electron chi connectivity index (χ3n) is 2.82. The maximum Gasteiger partial charge on any atom is 0.292 e. The van der Waals surface area contributed by atoms with Crippen LogP contribution in [-0.4, -0.2) is 15.8 Å². The first kappa shape index (κ1) is 14.9. The highest BCUT2D eigenvalue weighted by molar-refractivity contribution is 7.14. The Morgan fingerprint density at radius 3 is 2.76 bits per heavy atom. The number of nitrogens with two attached hydrogens (primary N) is 1. The van der Waals surface area contributed by atoms with Gasteiger partial charge in [-0.05, 0) is 18.1 Å². The van der Waals surface area contributed by atoms with Crippen LogP contribution in [0.3, 0.4) is 0 Å². The largest absolute Gasteiger partial charge is 0.393 e. The Balaban J connectivity index is 2.20. The van der Waals surface area contributed by atoms with Crippen molar-refractivity contribution < 1.29 is 9.72 Å². The SMILES string of the molecule is CC(C)c1csc(NC(=O)c2ccc(N)c([N+](=O)[O-])c2)n1. The lowest BCUT2D eigenvalue weighted by molar-refractivity contribution is -0.383. The van der Waals surface area contributed by atoms with E-state index < -0.39 is 10.8 Å². The van der Waals surface area contributed by atoms with Gasteiger partial charge in [0.1, 0.15) is 5.69 Å². The van der Waals surface area contributed by atoms with E-state index in [1.54, 1.807) is 0 Å². The highest BCUT2D eigenvalue weighted by Crippen LogP contribution is 2.24. The monoisotopic (exact) mass is 306 g/mol. The van der Waals surface area contributed by atoms with Gasteiger partial charge in [0.15, 0.2) is 5.13 Å². The third kappa shape index (κ3) is 3.34. The zero-order valence-electron chi connectivity index (χ0n) is 11.5. The second-order valence-electron chi connectivity index (χ2n) is 4.72. The number of hydrogen-bond acceptors (Lipinski definition) is 6. The van der Waals surface area contributed by atoms with Crippen LogP contribution in [0, 0.1) is 10.1 Å². The summed E-state index contributed by atoms with van der Waals surface area (Å²) in [5.41, 5.74) is 6.28. The summed E-state index contributed by atoms with van der Waals surface area (Å²) in [4.78, 5) is 26.5. The molecule has 1 aromatic heterocycles. The van der Waals surface area contributed by atoms with Gasteiger partial charge in [-0.3, -0.25) is 20.2 Å². The van der Waals surface area contributed by atoms with E-state index in [2.05, 4.69) is 10.3 Å². The van der Waals surface area contributed by atoms with Crippen molar-refractivity contribution in [2.45, 2.75) is 19.8 Å². The Bertz CT molecular complexity index is 696. The lowest BCUT2D eigenvalue weighted by atomic mass is 10.1. The van der Waals surface area contributed by atoms with Gasteiger partial charge in [-0.2, -0.15) is 0 Å². The molecule has 0 aliphatic rings. The molecular weight excluding hydrogens is 292 g/mol. The molecule has 0 aliphatic carbocycles. The summed E-state index contributed by atoms with van der Waals surface area (Å²) in [6.07, 6.45) is 0. The zero-order valence-corrected chi connectivity index (χ0v) is 12.3. The molecule has 21 heavy (non-hydrogen) atoms. The van der Waals surface area contributed by atoms with Gasteiger partial charge in [0.05, 0.1) is 10.6 Å². The van der Waals surface area contributed by atoms with E-state index in [1.165, 1.54) is 23.5 Å². The fourth-order valence-corrected chi connectivity index (χ4v) is 2.49. The molecule has 0 radical (unpaired) electrons. The number of thiazole rings is 1. The van der Waals surface area contributed by atoms with E-state index in [9.17, 15) is 14.9 Å². The number of nitro groups is 1. The average molecular weight is 306 g/mol. The van der Waals surface area contributed by atoms with Crippen LogP contribution in [0.1, 0.15) is 35.8 Å². The molecule has 0 atom stereocenters. The van der Waals surface area contributed by atoms with Gasteiger partial charge < -0.3 is 5.73 Å². The lowest BCUT2D eigenvalue weighted by Gasteiger charge is -2.03. The van der Waals surface area contributed by atoms with Crippen LogP contribution in [-0.2, 0) is 0 Å². The van der Waals surface area contributed by atoms with Gasteiger partial charge in [-0.25, -0.2) is 4.98 Å². The molecule has 1 amide bonds. The van der Waals surface area contributed by atoms with E-state index in [0.717, 1.165) is 11.8 Å². The highest BCUT2D eigenvalue weighted by atomic mass is 32.1. The molecule has 0 spiro atoms. The predicted molar refractivity (Wildman–Crippen MR) is 81.7 cm³/mol. The number of carbonyl (C=O) groups excluding carboxylic acids is 1. The molecule has 0 unspecified atom stereocenters. The number of aromatic nitrogens is 1. The van der Waals surface area contributed by atoms with Gasteiger partial charge in [0.2, 0.25) is 0 Å². The van der Waals surface area contributed by atoms with Gasteiger partial charge in [0, 0.05) is 17.0 Å². The van der Waals surface area contributed by atoms with Crippen molar-refractivity contribution in [1.82, 2.24) is 4.98 Å². The smallest absolute Gasteiger partial charge is 0.292 e. The van der Waals surface area contributed by atoms with Crippen LogP contribution in [0.15, 0.2) is 23.6 Å². The molecule has 7 nitrogen and oxygen atoms in total. The summed E-state index contributed by atoms with van der Waals surface area (Å²) in [6.45, 7) is 4.01. The summed E-state index contributed by atoms with van der Waals surface area (Å²) in [5, 5.41) is 15.8. The highest BCUT2D eigenvalue weighted by Gasteiger charge is 2.16. The minimum absolute atomic E-state index is 0.0212. The molecular formula is C13H14N4O3S. The summed E-state index contributed by atoms with van der Waals surface area (Å²) in [7, 11) is 0. The Kier molecular flexibility index (Phi) is 4.18. The quantitative estimate of drug-likeness (QED) is 0.512. The van der Waals surface area contributed by atoms with E-state index in [1.807, 2.05) is 19.2 Å². The van der Waals surface area contributed by atoms with Crippen molar-refractivity contribution >= 4 is 33.8 Å². The van der Waals surface area contributed by atoms with Gasteiger partial charge in [0.25, 0.3) is 11.6 Å². The molecule has 0 fully saturated rings. The maximum atomic E-state index is 12.1. The first-order valence-corrected chi connectivity index (χ1v) is 7.07. The molecule has 1 heterocycles. The zero-order chi connectivity index (χ0) is 15.6. The number of nitrogen functional groups attached to an aromatic ring is 1. The van der Waals surface area contributed by atoms with Crippen molar-refractivity contribution in [2.75, 3.05) is 11.1 Å². The Hall–Kier alpha value is -2.48. The van der Waals surface area contributed by atoms with E-state index in [-0.39, 0.29) is 22.9 Å². The van der Waals surface area contributed by atoms with Crippen LogP contribution < -0.4 is 11.1 Å². The second kappa shape index (κ2) is 5.88. The number of nitro benzene ring substituents is 1. The Morgan fingerprint density at radius 1 is 1.48 bits per heavy atom. The van der Waals surface area contributed by atoms with E-state index >= 15 is 0 Å². The predicted octanol–water partition coefficient (Wildman–Crippen LogP) is 3.01. The van der Waals surface area contributed by atoms with Crippen LogP contribution in [0.5, 0.6) is 0 Å². The van der Waals surface area contributed by atoms with Gasteiger partial charge in [-0.15, -0.1) is 11.3 Å². The van der Waals surface area contributed by atoms with Crippen LogP contribution in [0.25, 0.3) is 0 Å². The lowest BCUT2D eigenvalue weighted by Crippen LogP contribution is -2.12. The molecule has 2 aromatic rings. The summed E-state index contributed by atoms with van der Waals surface area (Å²) in [6, 6.07) is 3.94. The average Bonchev–Trinajstić information content (AvgIpc) is 2.87. The number of nitrogens with one attached hydrogen (secondary N) is 1. The number of anilines is 2. The number of benzene rings is 1. The molecule has 0 saturated carbocycles. The summed E-state index contributed by atoms with van der Waals surface area (Å²) in [5.74, 6) is -0.188. The molecule has 0 aliphatic heterocycles.